The third-order valence-corrected chi connectivity index (χ3v) is 7.03. The van der Waals surface area contributed by atoms with Gasteiger partial charge in [0.1, 0.15) is 16.7 Å². The molecule has 0 aliphatic carbocycles. The minimum atomic E-state index is -0.0249. The molecule has 0 bridgehead atoms. The van der Waals surface area contributed by atoms with Crippen molar-refractivity contribution in [3.05, 3.63) is 83.9 Å². The number of amides is 1. The number of thiocarbonyl (C=S) groups is 1. The molecule has 2 aromatic carbocycles. The standard InChI is InChI=1S/C28H29N3O2S2/c1-3-5-6-10-17-30-27(32)25(35-28(30)34)19-22-20-31(23-11-8-7-9-12-23)29-26(22)21-13-15-24(16-14-21)33-18-4-2/h4,7-9,11-16,19-20H,2-3,5-6,10,17-18H2,1H3. The zero-order valence-electron chi connectivity index (χ0n) is 19.9. The number of benzene rings is 2. The fourth-order valence-electron chi connectivity index (χ4n) is 3.83. The van der Waals surface area contributed by atoms with Gasteiger partial charge in [0.15, 0.2) is 0 Å². The lowest BCUT2D eigenvalue weighted by Crippen LogP contribution is -2.29. The number of hydrogen-bond acceptors (Lipinski definition) is 5. The Morgan fingerprint density at radius 2 is 1.86 bits per heavy atom. The Morgan fingerprint density at radius 3 is 2.57 bits per heavy atom. The van der Waals surface area contributed by atoms with Crippen molar-refractivity contribution < 1.29 is 9.53 Å². The lowest BCUT2D eigenvalue weighted by molar-refractivity contribution is -0.122. The van der Waals surface area contributed by atoms with Gasteiger partial charge in [0, 0.05) is 23.9 Å². The monoisotopic (exact) mass is 503 g/mol. The van der Waals surface area contributed by atoms with Crippen molar-refractivity contribution in [3.63, 3.8) is 0 Å². The van der Waals surface area contributed by atoms with Crippen LogP contribution in [0.1, 0.15) is 38.2 Å². The molecule has 1 saturated heterocycles. The number of ether oxygens (including phenoxy) is 1. The number of aromatic nitrogens is 2. The number of carbonyl (C=O) groups excluding carboxylic acids is 1. The fraction of sp³-hybridized carbons (Fsp3) is 0.250. The number of rotatable bonds is 11. The van der Waals surface area contributed by atoms with Gasteiger partial charge in [0.05, 0.1) is 16.3 Å². The highest BCUT2D eigenvalue weighted by molar-refractivity contribution is 8.26. The first-order valence-corrected chi connectivity index (χ1v) is 13.1. The molecule has 180 valence electrons. The molecule has 0 saturated carbocycles. The van der Waals surface area contributed by atoms with E-state index in [1.807, 2.05) is 71.6 Å². The number of hydrogen-bond donors (Lipinski definition) is 0. The molecule has 5 nitrogen and oxygen atoms in total. The van der Waals surface area contributed by atoms with E-state index in [0.29, 0.717) is 22.4 Å². The number of nitrogens with zero attached hydrogens (tertiary/aromatic N) is 3. The van der Waals surface area contributed by atoms with Gasteiger partial charge in [-0.2, -0.15) is 5.10 Å². The predicted molar refractivity (Wildman–Crippen MR) is 149 cm³/mol. The van der Waals surface area contributed by atoms with Gasteiger partial charge >= 0.3 is 0 Å². The molecule has 1 fully saturated rings. The first-order valence-electron chi connectivity index (χ1n) is 11.8. The van der Waals surface area contributed by atoms with Crippen molar-refractivity contribution in [2.45, 2.75) is 32.6 Å². The third kappa shape index (κ3) is 6.10. The molecule has 1 amide bonds. The maximum absolute atomic E-state index is 13.2. The summed E-state index contributed by atoms with van der Waals surface area (Å²) in [6.45, 7) is 6.99. The second-order valence-electron chi connectivity index (χ2n) is 8.23. The average molecular weight is 504 g/mol. The molecule has 0 unspecified atom stereocenters. The van der Waals surface area contributed by atoms with Crippen LogP contribution in [0.3, 0.4) is 0 Å². The van der Waals surface area contributed by atoms with E-state index in [0.717, 1.165) is 47.5 Å². The van der Waals surface area contributed by atoms with Gasteiger partial charge in [-0.25, -0.2) is 4.68 Å². The summed E-state index contributed by atoms with van der Waals surface area (Å²) >= 11 is 6.89. The zero-order valence-corrected chi connectivity index (χ0v) is 21.5. The van der Waals surface area contributed by atoms with Crippen LogP contribution in [0.4, 0.5) is 0 Å². The van der Waals surface area contributed by atoms with Crippen molar-refractivity contribution in [1.82, 2.24) is 14.7 Å². The molecule has 1 aromatic heterocycles. The second-order valence-corrected chi connectivity index (χ2v) is 9.91. The van der Waals surface area contributed by atoms with E-state index in [1.54, 1.807) is 11.0 Å². The van der Waals surface area contributed by atoms with Crippen LogP contribution in [-0.4, -0.2) is 38.1 Å². The molecule has 0 N–H and O–H groups in total. The molecular weight excluding hydrogens is 474 g/mol. The van der Waals surface area contributed by atoms with Gasteiger partial charge in [-0.05, 0) is 48.9 Å². The van der Waals surface area contributed by atoms with Crippen molar-refractivity contribution in [1.29, 1.82) is 0 Å². The molecule has 3 aromatic rings. The van der Waals surface area contributed by atoms with E-state index in [2.05, 4.69) is 13.5 Å². The van der Waals surface area contributed by atoms with Crippen LogP contribution in [0.15, 0.2) is 78.4 Å². The highest BCUT2D eigenvalue weighted by Gasteiger charge is 2.32. The molecule has 2 heterocycles. The molecule has 35 heavy (non-hydrogen) atoms. The van der Waals surface area contributed by atoms with E-state index in [9.17, 15) is 4.79 Å². The Kier molecular flexibility index (Phi) is 8.55. The smallest absolute Gasteiger partial charge is 0.266 e. The highest BCUT2D eigenvalue weighted by atomic mass is 32.2. The molecule has 0 radical (unpaired) electrons. The van der Waals surface area contributed by atoms with E-state index >= 15 is 0 Å². The van der Waals surface area contributed by atoms with E-state index in [-0.39, 0.29) is 5.91 Å². The number of unbranched alkanes of at least 4 members (excludes halogenated alkanes) is 3. The van der Waals surface area contributed by atoms with Crippen LogP contribution in [0.5, 0.6) is 5.75 Å². The lowest BCUT2D eigenvalue weighted by atomic mass is 10.1. The van der Waals surface area contributed by atoms with Crippen molar-refractivity contribution in [2.75, 3.05) is 13.2 Å². The summed E-state index contributed by atoms with van der Waals surface area (Å²) in [5.41, 5.74) is 3.53. The summed E-state index contributed by atoms with van der Waals surface area (Å²) in [4.78, 5) is 15.5. The quantitative estimate of drug-likeness (QED) is 0.123. The van der Waals surface area contributed by atoms with Gasteiger partial charge in [0.2, 0.25) is 0 Å². The third-order valence-electron chi connectivity index (χ3n) is 5.65. The van der Waals surface area contributed by atoms with Crippen LogP contribution in [0.25, 0.3) is 23.0 Å². The molecule has 7 heteroatoms. The van der Waals surface area contributed by atoms with Crippen LogP contribution in [-0.2, 0) is 4.79 Å². The summed E-state index contributed by atoms with van der Waals surface area (Å²) in [7, 11) is 0. The van der Waals surface area contributed by atoms with Gasteiger partial charge in [-0.3, -0.25) is 9.69 Å². The Bertz CT molecular complexity index is 1220. The average Bonchev–Trinajstić information content (AvgIpc) is 3.42. The van der Waals surface area contributed by atoms with Gasteiger partial charge < -0.3 is 4.74 Å². The van der Waals surface area contributed by atoms with Gasteiger partial charge in [-0.15, -0.1) is 0 Å². The lowest BCUT2D eigenvalue weighted by Gasteiger charge is -2.13. The summed E-state index contributed by atoms with van der Waals surface area (Å²) in [5.74, 6) is 0.740. The SMILES string of the molecule is C=CCOc1ccc(-c2nn(-c3ccccc3)cc2C=C2SC(=S)N(CCCCCC)C2=O)cc1. The van der Waals surface area contributed by atoms with Gasteiger partial charge in [-0.1, -0.05) is 81.0 Å². The predicted octanol–water partition coefficient (Wildman–Crippen LogP) is 6.89. The normalized spacial score (nSPS) is 14.7. The Balaban J connectivity index is 1.65. The molecule has 0 atom stereocenters. The fourth-order valence-corrected chi connectivity index (χ4v) is 5.12. The van der Waals surface area contributed by atoms with Crippen LogP contribution < -0.4 is 4.74 Å². The van der Waals surface area contributed by atoms with Gasteiger partial charge in [0.25, 0.3) is 5.91 Å². The van der Waals surface area contributed by atoms with Crippen LogP contribution >= 0.6 is 24.0 Å². The Hall–Kier alpha value is -3.16. The topological polar surface area (TPSA) is 47.4 Å². The maximum Gasteiger partial charge on any atom is 0.266 e. The first kappa shape index (κ1) is 24.9. The van der Waals surface area contributed by atoms with E-state index in [4.69, 9.17) is 22.1 Å². The molecule has 1 aliphatic rings. The molecular formula is C28H29N3O2S2. The summed E-state index contributed by atoms with van der Waals surface area (Å²) in [6.07, 6.45) is 9.99. The maximum atomic E-state index is 13.2. The van der Waals surface area contributed by atoms with E-state index < -0.39 is 0 Å². The number of thioether (sulfide) groups is 1. The Labute approximate surface area is 216 Å². The van der Waals surface area contributed by atoms with Crippen LogP contribution in [0.2, 0.25) is 0 Å². The first-order chi connectivity index (χ1) is 17.1. The number of carbonyl (C=O) groups is 1. The van der Waals surface area contributed by atoms with Crippen molar-refractivity contribution in [2.24, 2.45) is 0 Å². The summed E-state index contributed by atoms with van der Waals surface area (Å²) in [6, 6.07) is 17.7. The summed E-state index contributed by atoms with van der Waals surface area (Å²) < 4.78 is 8.09. The second kappa shape index (κ2) is 12.0. The highest BCUT2D eigenvalue weighted by Crippen LogP contribution is 2.35. The molecule has 1 aliphatic heterocycles. The minimum absolute atomic E-state index is 0.0249. The Morgan fingerprint density at radius 1 is 1.09 bits per heavy atom. The summed E-state index contributed by atoms with van der Waals surface area (Å²) in [5, 5.41) is 4.87. The molecule has 4 rings (SSSR count). The minimum Gasteiger partial charge on any atom is -0.490 e. The van der Waals surface area contributed by atoms with Crippen LogP contribution in [0, 0.1) is 0 Å². The van der Waals surface area contributed by atoms with Crippen molar-refractivity contribution in [3.8, 4) is 22.7 Å². The van der Waals surface area contributed by atoms with E-state index in [1.165, 1.54) is 18.2 Å². The number of para-hydroxylation sites is 1. The molecule has 0 spiro atoms. The zero-order chi connectivity index (χ0) is 24.6. The van der Waals surface area contributed by atoms with Crippen molar-refractivity contribution >= 4 is 40.3 Å². The largest absolute Gasteiger partial charge is 0.490 e.